The topological polar surface area (TPSA) is 122 Å². The minimum atomic E-state index is -0.591. The molecule has 6 rings (SSSR count). The van der Waals surface area contributed by atoms with Gasteiger partial charge in [-0.3, -0.25) is 19.2 Å². The first-order chi connectivity index (χ1) is 20.0. The number of imide groups is 2. The Morgan fingerprint density at radius 2 is 0.833 bits per heavy atom. The molecule has 10 heteroatoms. The zero-order valence-electron chi connectivity index (χ0n) is 23.5. The minimum absolute atomic E-state index is 0.0485. The van der Waals surface area contributed by atoms with Gasteiger partial charge in [0.25, 0.3) is 23.6 Å². The van der Waals surface area contributed by atoms with Crippen LogP contribution >= 0.6 is 0 Å². The van der Waals surface area contributed by atoms with E-state index in [4.69, 9.17) is 0 Å². The van der Waals surface area contributed by atoms with Gasteiger partial charge in [0, 0.05) is 57.2 Å². The second kappa shape index (κ2) is 9.79. The van der Waals surface area contributed by atoms with E-state index in [-0.39, 0.29) is 44.5 Å². The summed E-state index contributed by atoms with van der Waals surface area (Å²) in [7, 11) is 7.36. The number of carbonyl (C=O) groups is 4. The maximum absolute atomic E-state index is 13.8. The molecule has 0 unspecified atom stereocenters. The first kappa shape index (κ1) is 27.1. The highest BCUT2D eigenvalue weighted by Gasteiger charge is 2.41. The second-order valence-electron chi connectivity index (χ2n) is 11.1. The van der Waals surface area contributed by atoms with Crippen LogP contribution in [0, 0.1) is 0 Å². The van der Waals surface area contributed by atoms with Crippen molar-refractivity contribution in [2.75, 3.05) is 38.0 Å². The fourth-order valence-electron chi connectivity index (χ4n) is 5.70. The molecular formula is C32H28N4O6. The van der Waals surface area contributed by atoms with Gasteiger partial charge in [0.05, 0.1) is 11.4 Å². The third-order valence-corrected chi connectivity index (χ3v) is 7.51. The third kappa shape index (κ3) is 4.11. The van der Waals surface area contributed by atoms with Crippen molar-refractivity contribution in [3.63, 3.8) is 0 Å². The number of nitrogens with zero attached hydrogens (tertiary/aromatic N) is 4. The average molecular weight is 565 g/mol. The van der Waals surface area contributed by atoms with Gasteiger partial charge < -0.3 is 20.0 Å². The maximum atomic E-state index is 13.8. The largest absolute Gasteiger partial charge is 0.508 e. The number of anilines is 2. The number of phenolic OH excluding ortho intramolecular Hbond substituents is 2. The van der Waals surface area contributed by atoms with Gasteiger partial charge in [-0.25, -0.2) is 9.80 Å². The van der Waals surface area contributed by atoms with Crippen LogP contribution in [0.2, 0.25) is 0 Å². The fraction of sp³-hybridized carbons (Fsp3) is 0.188. The number of rotatable bonds is 6. The lowest BCUT2D eigenvalue weighted by atomic mass is 9.85. The lowest BCUT2D eigenvalue weighted by Gasteiger charge is -2.32. The van der Waals surface area contributed by atoms with Gasteiger partial charge >= 0.3 is 0 Å². The molecule has 4 aromatic carbocycles. The van der Waals surface area contributed by atoms with E-state index < -0.39 is 23.6 Å². The van der Waals surface area contributed by atoms with Gasteiger partial charge in [0.1, 0.15) is 11.5 Å². The molecule has 2 heterocycles. The molecule has 0 saturated carbocycles. The Morgan fingerprint density at radius 3 is 1.12 bits per heavy atom. The Labute approximate surface area is 241 Å². The Bertz CT molecular complexity index is 1660. The van der Waals surface area contributed by atoms with E-state index in [1.807, 2.05) is 38.0 Å². The van der Waals surface area contributed by atoms with Gasteiger partial charge in [-0.05, 0) is 88.9 Å². The molecule has 2 aliphatic heterocycles. The van der Waals surface area contributed by atoms with Crippen molar-refractivity contribution >= 4 is 45.8 Å². The van der Waals surface area contributed by atoms with E-state index in [0.29, 0.717) is 35.6 Å². The fourth-order valence-corrected chi connectivity index (χ4v) is 5.70. The zero-order chi connectivity index (χ0) is 30.0. The maximum Gasteiger partial charge on any atom is 0.265 e. The normalized spacial score (nSPS) is 14.6. The van der Waals surface area contributed by atoms with Gasteiger partial charge in [0.15, 0.2) is 0 Å². The number of benzene rings is 4. The number of hydrogen-bond donors (Lipinski definition) is 2. The molecule has 0 aliphatic carbocycles. The van der Waals surface area contributed by atoms with Crippen molar-refractivity contribution in [3.05, 3.63) is 94.0 Å². The summed E-state index contributed by atoms with van der Waals surface area (Å²) in [5.41, 5.74) is 2.48. The van der Waals surface area contributed by atoms with Crippen LogP contribution < -0.4 is 9.80 Å². The number of aromatic hydroxyl groups is 2. The zero-order valence-corrected chi connectivity index (χ0v) is 23.5. The van der Waals surface area contributed by atoms with Crippen LogP contribution in [0.1, 0.15) is 52.6 Å². The van der Waals surface area contributed by atoms with Crippen molar-refractivity contribution < 1.29 is 29.4 Å². The number of amides is 4. The summed E-state index contributed by atoms with van der Waals surface area (Å²) in [6.45, 7) is 0.792. The molecule has 0 fully saturated rings. The predicted octanol–water partition coefficient (Wildman–Crippen LogP) is 3.98. The summed E-state index contributed by atoms with van der Waals surface area (Å²) >= 11 is 0. The first-order valence-corrected chi connectivity index (χ1v) is 13.3. The lowest BCUT2D eigenvalue weighted by molar-refractivity contribution is 0.0873. The summed E-state index contributed by atoms with van der Waals surface area (Å²) in [5, 5.41) is 21.2. The molecule has 212 valence electrons. The summed E-state index contributed by atoms with van der Waals surface area (Å²) in [6, 6.07) is 15.1. The summed E-state index contributed by atoms with van der Waals surface area (Å²) in [5.74, 6) is -2.27. The van der Waals surface area contributed by atoms with E-state index in [0.717, 1.165) is 9.80 Å². The Hall–Kier alpha value is -5.06. The van der Waals surface area contributed by atoms with Crippen molar-refractivity contribution in [1.29, 1.82) is 0 Å². The standard InChI is InChI=1S/C32H28N4O6/c1-33(2)15-17-13-19(5-11-25(17)37)35-29(39)21-7-9-23-28-24(10-8-22(27(21)28)30(35)40)32(42)36(31(23)41)20-6-12-26(38)18(14-20)16-34(3)4/h5-14,37-38H,15-16H2,1-4H3. The van der Waals surface area contributed by atoms with E-state index in [9.17, 15) is 29.4 Å². The molecule has 0 spiro atoms. The molecule has 0 atom stereocenters. The highest BCUT2D eigenvalue weighted by molar-refractivity contribution is 6.42. The van der Waals surface area contributed by atoms with E-state index in [1.54, 1.807) is 12.1 Å². The monoisotopic (exact) mass is 564 g/mol. The molecule has 42 heavy (non-hydrogen) atoms. The van der Waals surface area contributed by atoms with Crippen LogP contribution in [0.25, 0.3) is 10.8 Å². The highest BCUT2D eigenvalue weighted by Crippen LogP contribution is 2.41. The van der Waals surface area contributed by atoms with Gasteiger partial charge in [0.2, 0.25) is 0 Å². The van der Waals surface area contributed by atoms with Crippen LogP contribution in [0.5, 0.6) is 11.5 Å². The quantitative estimate of drug-likeness (QED) is 0.338. The molecule has 0 saturated heterocycles. The lowest BCUT2D eigenvalue weighted by Crippen LogP contribution is -2.43. The smallest absolute Gasteiger partial charge is 0.265 e. The minimum Gasteiger partial charge on any atom is -0.508 e. The van der Waals surface area contributed by atoms with Crippen LogP contribution in [-0.4, -0.2) is 71.8 Å². The number of phenols is 2. The van der Waals surface area contributed by atoms with Crippen molar-refractivity contribution in [3.8, 4) is 11.5 Å². The molecule has 0 radical (unpaired) electrons. The van der Waals surface area contributed by atoms with Crippen molar-refractivity contribution in [2.24, 2.45) is 0 Å². The number of hydrogen-bond acceptors (Lipinski definition) is 8. The van der Waals surface area contributed by atoms with Crippen LogP contribution in [0.3, 0.4) is 0 Å². The summed E-state index contributed by atoms with van der Waals surface area (Å²) < 4.78 is 0. The van der Waals surface area contributed by atoms with Gasteiger partial charge in [-0.1, -0.05) is 0 Å². The van der Waals surface area contributed by atoms with Crippen molar-refractivity contribution in [1.82, 2.24) is 9.80 Å². The Balaban J connectivity index is 1.46. The summed E-state index contributed by atoms with van der Waals surface area (Å²) in [6.07, 6.45) is 0. The molecule has 2 N–H and O–H groups in total. The molecule has 4 aromatic rings. The number of carbonyl (C=O) groups excluding carboxylic acids is 4. The van der Waals surface area contributed by atoms with Crippen LogP contribution in [0.15, 0.2) is 60.7 Å². The Kier molecular flexibility index (Phi) is 6.32. The first-order valence-electron chi connectivity index (χ1n) is 13.3. The molecule has 10 nitrogen and oxygen atoms in total. The molecular weight excluding hydrogens is 536 g/mol. The van der Waals surface area contributed by atoms with Crippen LogP contribution in [0.4, 0.5) is 11.4 Å². The molecule has 0 bridgehead atoms. The van der Waals surface area contributed by atoms with Gasteiger partial charge in [-0.2, -0.15) is 0 Å². The third-order valence-electron chi connectivity index (χ3n) is 7.51. The molecule has 0 aromatic heterocycles. The van der Waals surface area contributed by atoms with E-state index in [2.05, 4.69) is 0 Å². The van der Waals surface area contributed by atoms with Crippen LogP contribution in [-0.2, 0) is 13.1 Å². The SMILES string of the molecule is CN(C)Cc1cc(N2C(=O)c3ccc4c5c(ccc(c35)C2=O)C(=O)N(c2ccc(O)c(CN(C)C)c2)C4=O)ccc1O. The molecule has 2 aliphatic rings. The average Bonchev–Trinajstić information content (AvgIpc) is 2.93. The van der Waals surface area contributed by atoms with Gasteiger partial charge in [-0.15, -0.1) is 0 Å². The highest BCUT2D eigenvalue weighted by atomic mass is 16.3. The molecule has 4 amide bonds. The van der Waals surface area contributed by atoms with Crippen molar-refractivity contribution in [2.45, 2.75) is 13.1 Å². The predicted molar refractivity (Wildman–Crippen MR) is 157 cm³/mol. The van der Waals surface area contributed by atoms with E-state index in [1.165, 1.54) is 48.5 Å². The van der Waals surface area contributed by atoms with E-state index >= 15 is 0 Å². The second-order valence-corrected chi connectivity index (χ2v) is 11.1. The summed E-state index contributed by atoms with van der Waals surface area (Å²) in [4.78, 5) is 61.0. The Morgan fingerprint density at radius 1 is 0.524 bits per heavy atom.